The van der Waals surface area contributed by atoms with Gasteiger partial charge in [-0.1, -0.05) is 18.2 Å². The minimum atomic E-state index is -0.276. The van der Waals surface area contributed by atoms with Gasteiger partial charge in [0.05, 0.1) is 13.2 Å². The number of carbonyl (C=O) groups is 1. The number of hydrogen-bond acceptors (Lipinski definition) is 4. The summed E-state index contributed by atoms with van der Waals surface area (Å²) in [6.45, 7) is 2.47. The van der Waals surface area contributed by atoms with Gasteiger partial charge in [0.15, 0.2) is 0 Å². The Morgan fingerprint density at radius 2 is 2.18 bits per heavy atom. The summed E-state index contributed by atoms with van der Waals surface area (Å²) in [5.74, 6) is 0. The van der Waals surface area contributed by atoms with Crippen LogP contribution in [0.25, 0.3) is 0 Å². The number of nitrogens with one attached hydrogen (secondary N) is 2. The molecule has 2 rings (SSSR count). The van der Waals surface area contributed by atoms with Crippen molar-refractivity contribution in [2.75, 3.05) is 25.1 Å². The van der Waals surface area contributed by atoms with Crippen LogP contribution in [0.4, 0.5) is 10.5 Å². The van der Waals surface area contributed by atoms with Crippen molar-refractivity contribution in [3.63, 3.8) is 0 Å². The van der Waals surface area contributed by atoms with E-state index in [0.717, 1.165) is 16.8 Å². The Bertz CT molecular complexity index is 587. The topological polar surface area (TPSA) is 70.6 Å². The fourth-order valence-electron chi connectivity index (χ4n) is 1.99. The minimum Gasteiger partial charge on any atom is -0.394 e. The summed E-state index contributed by atoms with van der Waals surface area (Å²) in [6, 6.07) is 9.27. The van der Waals surface area contributed by atoms with Crippen molar-refractivity contribution >= 4 is 23.1 Å². The number of ether oxygens (including phenoxy) is 1. The molecule has 2 amide bonds. The van der Waals surface area contributed by atoms with Gasteiger partial charge in [0, 0.05) is 12.2 Å². The molecule has 1 heterocycles. The van der Waals surface area contributed by atoms with Crippen molar-refractivity contribution in [1.82, 2.24) is 5.32 Å². The van der Waals surface area contributed by atoms with Gasteiger partial charge in [-0.15, -0.1) is 0 Å². The van der Waals surface area contributed by atoms with E-state index >= 15 is 0 Å². The Labute approximate surface area is 133 Å². The van der Waals surface area contributed by atoms with E-state index in [2.05, 4.69) is 10.6 Å². The van der Waals surface area contributed by atoms with Gasteiger partial charge < -0.3 is 20.5 Å². The van der Waals surface area contributed by atoms with Crippen molar-refractivity contribution in [1.29, 1.82) is 0 Å². The van der Waals surface area contributed by atoms with Gasteiger partial charge in [-0.2, -0.15) is 11.3 Å². The lowest BCUT2D eigenvalue weighted by Gasteiger charge is -2.18. The summed E-state index contributed by atoms with van der Waals surface area (Å²) >= 11 is 1.57. The van der Waals surface area contributed by atoms with Crippen LogP contribution < -0.4 is 10.6 Å². The highest BCUT2D eigenvalue weighted by atomic mass is 32.1. The lowest BCUT2D eigenvalue weighted by atomic mass is 10.2. The lowest BCUT2D eigenvalue weighted by molar-refractivity contribution is 0.0299. The van der Waals surface area contributed by atoms with Crippen LogP contribution in [0.5, 0.6) is 0 Å². The molecule has 5 nitrogen and oxygen atoms in total. The number of thiophene rings is 1. The van der Waals surface area contributed by atoms with E-state index in [1.54, 1.807) is 11.3 Å². The smallest absolute Gasteiger partial charge is 0.319 e. The number of urea groups is 1. The van der Waals surface area contributed by atoms with Crippen molar-refractivity contribution in [3.8, 4) is 0 Å². The number of rotatable bonds is 7. The Balaban J connectivity index is 1.89. The molecule has 2 aromatic rings. The number of carbonyl (C=O) groups excluding carboxylic acids is 1. The summed E-state index contributed by atoms with van der Waals surface area (Å²) < 4.78 is 5.57. The van der Waals surface area contributed by atoms with E-state index in [0.29, 0.717) is 6.54 Å². The molecule has 1 aromatic carbocycles. The quantitative estimate of drug-likeness (QED) is 0.734. The van der Waals surface area contributed by atoms with Crippen LogP contribution in [0.3, 0.4) is 0 Å². The van der Waals surface area contributed by atoms with Crippen LogP contribution in [-0.2, 0) is 4.74 Å². The summed E-state index contributed by atoms with van der Waals surface area (Å²) in [5.41, 5.74) is 2.78. The standard InChI is InChI=1S/C16H20N2O3S/c1-12-4-2-3-5-14(12)18-16(20)17-10-15(21-8-7-19)13-6-9-22-11-13/h2-6,9,11,15,19H,7-8,10H2,1H3,(H2,17,18,20)/t15-/m0/s1. The Morgan fingerprint density at radius 1 is 1.36 bits per heavy atom. The average molecular weight is 320 g/mol. The Morgan fingerprint density at radius 3 is 2.86 bits per heavy atom. The predicted molar refractivity (Wildman–Crippen MR) is 88.3 cm³/mol. The monoisotopic (exact) mass is 320 g/mol. The molecule has 0 saturated heterocycles. The van der Waals surface area contributed by atoms with Crippen molar-refractivity contribution < 1.29 is 14.6 Å². The van der Waals surface area contributed by atoms with Crippen LogP contribution in [0.2, 0.25) is 0 Å². The van der Waals surface area contributed by atoms with Gasteiger partial charge in [-0.05, 0) is 40.9 Å². The molecule has 22 heavy (non-hydrogen) atoms. The van der Waals surface area contributed by atoms with E-state index in [-0.39, 0.29) is 25.3 Å². The molecular formula is C16H20N2O3S. The van der Waals surface area contributed by atoms with E-state index in [1.807, 2.05) is 48.0 Å². The van der Waals surface area contributed by atoms with Gasteiger partial charge >= 0.3 is 6.03 Å². The van der Waals surface area contributed by atoms with Gasteiger partial charge in [0.1, 0.15) is 6.10 Å². The molecule has 0 fully saturated rings. The zero-order valence-electron chi connectivity index (χ0n) is 12.4. The molecule has 0 aliphatic rings. The van der Waals surface area contributed by atoms with Crippen LogP contribution in [0, 0.1) is 6.92 Å². The largest absolute Gasteiger partial charge is 0.394 e. The second kappa shape index (κ2) is 8.53. The molecule has 0 saturated carbocycles. The number of anilines is 1. The number of hydrogen-bond donors (Lipinski definition) is 3. The van der Waals surface area contributed by atoms with Crippen molar-refractivity contribution in [2.24, 2.45) is 0 Å². The second-order valence-electron chi connectivity index (χ2n) is 4.79. The minimum absolute atomic E-state index is 0.0456. The first kappa shape index (κ1) is 16.5. The van der Waals surface area contributed by atoms with Crippen molar-refractivity contribution in [2.45, 2.75) is 13.0 Å². The lowest BCUT2D eigenvalue weighted by Crippen LogP contribution is -2.33. The Kier molecular flexibility index (Phi) is 6.39. The highest BCUT2D eigenvalue weighted by molar-refractivity contribution is 7.07. The number of aliphatic hydroxyl groups excluding tert-OH is 1. The number of amides is 2. The predicted octanol–water partition coefficient (Wildman–Crippen LogP) is 2.93. The van der Waals surface area contributed by atoms with Crippen LogP contribution in [0.15, 0.2) is 41.1 Å². The third-order valence-electron chi connectivity index (χ3n) is 3.17. The maximum Gasteiger partial charge on any atom is 0.319 e. The molecule has 0 unspecified atom stereocenters. The Hall–Kier alpha value is -1.89. The molecule has 0 radical (unpaired) electrons. The molecular weight excluding hydrogens is 300 g/mol. The normalized spacial score (nSPS) is 11.9. The number of benzene rings is 1. The molecule has 0 aliphatic heterocycles. The molecule has 118 valence electrons. The maximum absolute atomic E-state index is 12.0. The highest BCUT2D eigenvalue weighted by Gasteiger charge is 2.14. The first-order chi connectivity index (χ1) is 10.7. The second-order valence-corrected chi connectivity index (χ2v) is 5.57. The molecule has 1 atom stereocenters. The summed E-state index contributed by atoms with van der Waals surface area (Å²) in [4.78, 5) is 12.0. The van der Waals surface area contributed by atoms with E-state index in [1.165, 1.54) is 0 Å². The van der Waals surface area contributed by atoms with Crippen LogP contribution >= 0.6 is 11.3 Å². The summed E-state index contributed by atoms with van der Waals surface area (Å²) in [7, 11) is 0. The summed E-state index contributed by atoms with van der Waals surface area (Å²) in [6.07, 6.45) is -0.263. The molecule has 3 N–H and O–H groups in total. The molecule has 6 heteroatoms. The third kappa shape index (κ3) is 4.84. The van der Waals surface area contributed by atoms with E-state index < -0.39 is 0 Å². The number of aliphatic hydroxyl groups is 1. The molecule has 0 bridgehead atoms. The number of aryl methyl sites for hydroxylation is 1. The molecule has 0 spiro atoms. The first-order valence-electron chi connectivity index (χ1n) is 7.05. The highest BCUT2D eigenvalue weighted by Crippen LogP contribution is 2.19. The first-order valence-corrected chi connectivity index (χ1v) is 8.00. The number of para-hydroxylation sites is 1. The van der Waals surface area contributed by atoms with Gasteiger partial charge in [0.25, 0.3) is 0 Å². The zero-order valence-corrected chi connectivity index (χ0v) is 13.2. The molecule has 0 aliphatic carbocycles. The van der Waals surface area contributed by atoms with Crippen molar-refractivity contribution in [3.05, 3.63) is 52.2 Å². The maximum atomic E-state index is 12.0. The van der Waals surface area contributed by atoms with E-state index in [4.69, 9.17) is 9.84 Å². The molecule has 1 aromatic heterocycles. The summed E-state index contributed by atoms with van der Waals surface area (Å²) in [5, 5.41) is 18.4. The average Bonchev–Trinajstić information content (AvgIpc) is 3.04. The fraction of sp³-hybridized carbons (Fsp3) is 0.312. The van der Waals surface area contributed by atoms with E-state index in [9.17, 15) is 4.79 Å². The zero-order chi connectivity index (χ0) is 15.8. The fourth-order valence-corrected chi connectivity index (χ4v) is 2.69. The van der Waals surface area contributed by atoms with Gasteiger partial charge in [-0.3, -0.25) is 0 Å². The van der Waals surface area contributed by atoms with Crippen LogP contribution in [0.1, 0.15) is 17.2 Å². The SMILES string of the molecule is Cc1ccccc1NC(=O)NC[C@H](OCCO)c1ccsc1. The van der Waals surface area contributed by atoms with Gasteiger partial charge in [-0.25, -0.2) is 4.79 Å². The van der Waals surface area contributed by atoms with Crippen LogP contribution in [-0.4, -0.2) is 30.9 Å². The third-order valence-corrected chi connectivity index (χ3v) is 3.87. The van der Waals surface area contributed by atoms with Gasteiger partial charge in [0.2, 0.25) is 0 Å².